The van der Waals surface area contributed by atoms with Crippen molar-refractivity contribution in [3.63, 3.8) is 0 Å². The maximum atomic E-state index is 9.61. The zero-order valence-corrected chi connectivity index (χ0v) is 12.1. The fourth-order valence-corrected chi connectivity index (χ4v) is 2.69. The molecule has 0 aromatic heterocycles. The predicted molar refractivity (Wildman–Crippen MR) is 78.2 cm³/mol. The van der Waals surface area contributed by atoms with Gasteiger partial charge in [-0.15, -0.1) is 0 Å². The van der Waals surface area contributed by atoms with E-state index in [4.69, 9.17) is 11.6 Å². The molecule has 1 unspecified atom stereocenters. The second-order valence-electron chi connectivity index (χ2n) is 5.28. The van der Waals surface area contributed by atoms with Crippen molar-refractivity contribution in [3.8, 4) is 6.07 Å². The maximum absolute atomic E-state index is 9.61. The summed E-state index contributed by atoms with van der Waals surface area (Å²) in [5.74, 6) is 0. The molecule has 0 spiro atoms. The summed E-state index contributed by atoms with van der Waals surface area (Å²) in [7, 11) is 0. The van der Waals surface area contributed by atoms with Gasteiger partial charge in [-0.1, -0.05) is 23.7 Å². The summed E-state index contributed by atoms with van der Waals surface area (Å²) in [4.78, 5) is 2.29. The molecule has 0 radical (unpaired) electrons. The zero-order chi connectivity index (χ0) is 13.7. The van der Waals surface area contributed by atoms with E-state index in [0.29, 0.717) is 0 Å². The van der Waals surface area contributed by atoms with Crippen LogP contribution in [0.25, 0.3) is 0 Å². The lowest BCUT2D eigenvalue weighted by Crippen LogP contribution is -2.48. The molecule has 0 saturated carbocycles. The molecule has 1 heterocycles. The lowest BCUT2D eigenvalue weighted by molar-refractivity contribution is 0.162. The van der Waals surface area contributed by atoms with Gasteiger partial charge in [0.25, 0.3) is 0 Å². The van der Waals surface area contributed by atoms with Crippen molar-refractivity contribution in [2.45, 2.75) is 25.3 Å². The third-order valence-electron chi connectivity index (χ3n) is 3.74. The first-order valence-electron chi connectivity index (χ1n) is 6.75. The largest absolute Gasteiger partial charge is 0.315 e. The van der Waals surface area contributed by atoms with Crippen LogP contribution in [0.3, 0.4) is 0 Å². The normalized spacial score (nSPS) is 20.3. The average molecular weight is 278 g/mol. The van der Waals surface area contributed by atoms with Gasteiger partial charge in [0.05, 0.1) is 6.07 Å². The minimum Gasteiger partial charge on any atom is -0.315 e. The SMILES string of the molecule is CC(C#N)(Cc1ccc(Cl)cc1)N1CCCNCC1. The molecule has 1 aromatic rings. The van der Waals surface area contributed by atoms with E-state index in [0.717, 1.165) is 49.6 Å². The van der Waals surface area contributed by atoms with Gasteiger partial charge in [-0.3, -0.25) is 4.90 Å². The number of rotatable bonds is 3. The number of benzene rings is 1. The Morgan fingerprint density at radius 1 is 1.32 bits per heavy atom. The van der Waals surface area contributed by atoms with Gasteiger partial charge in [-0.05, 0) is 37.6 Å². The van der Waals surface area contributed by atoms with Crippen LogP contribution in [0.5, 0.6) is 0 Å². The fourth-order valence-electron chi connectivity index (χ4n) is 2.56. The molecule has 2 rings (SSSR count). The van der Waals surface area contributed by atoms with Gasteiger partial charge in [0, 0.05) is 31.1 Å². The smallest absolute Gasteiger partial charge is 0.110 e. The van der Waals surface area contributed by atoms with Crippen molar-refractivity contribution in [2.24, 2.45) is 0 Å². The van der Waals surface area contributed by atoms with Crippen LogP contribution < -0.4 is 5.32 Å². The first-order valence-corrected chi connectivity index (χ1v) is 7.13. The van der Waals surface area contributed by atoms with Crippen molar-refractivity contribution in [1.29, 1.82) is 5.26 Å². The molecule has 1 atom stereocenters. The van der Waals surface area contributed by atoms with Crippen LogP contribution in [0, 0.1) is 11.3 Å². The van der Waals surface area contributed by atoms with E-state index in [2.05, 4.69) is 16.3 Å². The second kappa shape index (κ2) is 6.38. The Morgan fingerprint density at radius 3 is 2.74 bits per heavy atom. The minimum atomic E-state index is -0.445. The molecule has 0 aliphatic carbocycles. The summed E-state index contributed by atoms with van der Waals surface area (Å²) in [6.07, 6.45) is 1.83. The third kappa shape index (κ3) is 3.70. The molecule has 4 heteroatoms. The topological polar surface area (TPSA) is 39.1 Å². The van der Waals surface area contributed by atoms with Gasteiger partial charge in [-0.25, -0.2) is 0 Å². The predicted octanol–water partition coefficient (Wildman–Crippen LogP) is 2.46. The Balaban J connectivity index is 2.12. The molecule has 1 aliphatic heterocycles. The van der Waals surface area contributed by atoms with Gasteiger partial charge in [0.15, 0.2) is 0 Å². The number of hydrogen-bond acceptors (Lipinski definition) is 3. The van der Waals surface area contributed by atoms with Crippen LogP contribution in [0.2, 0.25) is 5.02 Å². The summed E-state index contributed by atoms with van der Waals surface area (Å²) < 4.78 is 0. The van der Waals surface area contributed by atoms with E-state index >= 15 is 0 Å². The summed E-state index contributed by atoms with van der Waals surface area (Å²) in [5, 5.41) is 13.7. The van der Waals surface area contributed by atoms with Crippen molar-refractivity contribution in [2.75, 3.05) is 26.2 Å². The molecule has 1 aliphatic rings. The van der Waals surface area contributed by atoms with Gasteiger partial charge < -0.3 is 5.32 Å². The number of hydrogen-bond donors (Lipinski definition) is 1. The van der Waals surface area contributed by atoms with E-state index in [1.807, 2.05) is 31.2 Å². The van der Waals surface area contributed by atoms with Gasteiger partial charge in [0.1, 0.15) is 5.54 Å². The quantitative estimate of drug-likeness (QED) is 0.922. The van der Waals surface area contributed by atoms with E-state index in [1.54, 1.807) is 0 Å². The molecular weight excluding hydrogens is 258 g/mol. The molecule has 102 valence electrons. The first-order chi connectivity index (χ1) is 9.14. The van der Waals surface area contributed by atoms with E-state index in [1.165, 1.54) is 0 Å². The Labute approximate surface area is 120 Å². The highest BCUT2D eigenvalue weighted by atomic mass is 35.5. The highest BCUT2D eigenvalue weighted by Gasteiger charge is 2.32. The van der Waals surface area contributed by atoms with Crippen LogP contribution in [-0.4, -0.2) is 36.6 Å². The van der Waals surface area contributed by atoms with E-state index < -0.39 is 5.54 Å². The van der Waals surface area contributed by atoms with E-state index in [9.17, 15) is 5.26 Å². The monoisotopic (exact) mass is 277 g/mol. The molecule has 1 saturated heterocycles. The molecule has 1 aromatic carbocycles. The molecule has 1 fully saturated rings. The Hall–Kier alpha value is -1.08. The molecule has 0 amide bonds. The van der Waals surface area contributed by atoms with Crippen molar-refractivity contribution in [3.05, 3.63) is 34.9 Å². The fraction of sp³-hybridized carbons (Fsp3) is 0.533. The highest BCUT2D eigenvalue weighted by molar-refractivity contribution is 6.30. The molecular formula is C15H20ClN3. The lowest BCUT2D eigenvalue weighted by Gasteiger charge is -2.35. The zero-order valence-electron chi connectivity index (χ0n) is 11.3. The summed E-state index contributed by atoms with van der Waals surface area (Å²) >= 11 is 5.90. The van der Waals surface area contributed by atoms with Crippen molar-refractivity contribution >= 4 is 11.6 Å². The summed E-state index contributed by atoms with van der Waals surface area (Å²) in [5.41, 5.74) is 0.713. The lowest BCUT2D eigenvalue weighted by atomic mass is 9.92. The third-order valence-corrected chi connectivity index (χ3v) is 3.99. The van der Waals surface area contributed by atoms with Crippen LogP contribution >= 0.6 is 11.6 Å². The van der Waals surface area contributed by atoms with Crippen LogP contribution in [0.4, 0.5) is 0 Å². The summed E-state index contributed by atoms with van der Waals surface area (Å²) in [6, 6.07) is 10.3. The van der Waals surface area contributed by atoms with Crippen LogP contribution in [-0.2, 0) is 6.42 Å². The number of nitrogens with one attached hydrogen (secondary N) is 1. The molecule has 1 N–H and O–H groups in total. The number of nitrogens with zero attached hydrogens (tertiary/aromatic N) is 2. The Morgan fingerprint density at radius 2 is 2.05 bits per heavy atom. The van der Waals surface area contributed by atoms with Gasteiger partial charge in [-0.2, -0.15) is 5.26 Å². The van der Waals surface area contributed by atoms with Crippen LogP contribution in [0.15, 0.2) is 24.3 Å². The molecule has 19 heavy (non-hydrogen) atoms. The standard InChI is InChI=1S/C15H20ClN3/c1-15(12-17,19-9-2-7-18-8-10-19)11-13-3-5-14(16)6-4-13/h3-6,18H,2,7-11H2,1H3. The first kappa shape index (κ1) is 14.3. The average Bonchev–Trinajstić information content (AvgIpc) is 2.71. The minimum absolute atomic E-state index is 0.445. The Bertz CT molecular complexity index is 443. The second-order valence-corrected chi connectivity index (χ2v) is 5.72. The van der Waals surface area contributed by atoms with Gasteiger partial charge in [0.2, 0.25) is 0 Å². The van der Waals surface area contributed by atoms with Gasteiger partial charge >= 0.3 is 0 Å². The molecule has 3 nitrogen and oxygen atoms in total. The van der Waals surface area contributed by atoms with Crippen molar-refractivity contribution < 1.29 is 0 Å². The van der Waals surface area contributed by atoms with Crippen LogP contribution in [0.1, 0.15) is 18.9 Å². The van der Waals surface area contributed by atoms with Crippen molar-refractivity contribution in [1.82, 2.24) is 10.2 Å². The number of halogens is 1. The highest BCUT2D eigenvalue weighted by Crippen LogP contribution is 2.22. The maximum Gasteiger partial charge on any atom is 0.110 e. The summed E-state index contributed by atoms with van der Waals surface area (Å²) in [6.45, 7) is 5.94. The Kier molecular flexibility index (Phi) is 4.81. The number of nitriles is 1. The van der Waals surface area contributed by atoms with E-state index in [-0.39, 0.29) is 0 Å². The molecule has 0 bridgehead atoms.